The lowest BCUT2D eigenvalue weighted by atomic mass is 10.2. The first-order chi connectivity index (χ1) is 20.7. The van der Waals surface area contributed by atoms with Gasteiger partial charge in [-0.25, -0.2) is 12.7 Å². The van der Waals surface area contributed by atoms with Crippen LogP contribution >= 0.6 is 39.3 Å². The summed E-state index contributed by atoms with van der Waals surface area (Å²) >= 11 is 10.3. The summed E-state index contributed by atoms with van der Waals surface area (Å²) < 4.78 is 67.4. The predicted octanol–water partition coefficient (Wildman–Crippen LogP) is 5.61. The molecule has 1 aromatic heterocycles. The highest BCUT2D eigenvalue weighted by Crippen LogP contribution is 2.34. The largest absolute Gasteiger partial charge is 0.416 e. The second kappa shape index (κ2) is 13.7. The highest BCUT2D eigenvalue weighted by Gasteiger charge is 2.31. The van der Waals surface area contributed by atoms with Gasteiger partial charge in [0.05, 0.1) is 33.5 Å². The van der Waals surface area contributed by atoms with Gasteiger partial charge in [-0.1, -0.05) is 39.3 Å². The van der Waals surface area contributed by atoms with E-state index in [1.54, 1.807) is 28.8 Å². The van der Waals surface area contributed by atoms with Gasteiger partial charge >= 0.3 is 6.18 Å². The van der Waals surface area contributed by atoms with E-state index in [-0.39, 0.29) is 38.6 Å². The van der Waals surface area contributed by atoms with Crippen molar-refractivity contribution in [3.63, 3.8) is 0 Å². The first-order valence-corrected chi connectivity index (χ1v) is 16.1. The smallest absolute Gasteiger partial charge is 0.345 e. The van der Waals surface area contributed by atoms with Crippen molar-refractivity contribution in [2.75, 3.05) is 25.2 Å². The third-order valence-electron chi connectivity index (χ3n) is 5.99. The number of hydrogen-bond acceptors (Lipinski definition) is 7. The molecular weight excluding hydrogens is 709 g/mol. The summed E-state index contributed by atoms with van der Waals surface area (Å²) in [6, 6.07) is 15.1. The molecule has 0 atom stereocenters. The average Bonchev–Trinajstić information content (AvgIpc) is 3.38. The summed E-state index contributed by atoms with van der Waals surface area (Å²) in [6.45, 7) is -0.0771. The van der Waals surface area contributed by atoms with E-state index in [9.17, 15) is 31.2 Å². The topological polar surface area (TPSA) is 126 Å². The number of benzene rings is 3. The quantitative estimate of drug-likeness (QED) is 0.203. The fourth-order valence-corrected chi connectivity index (χ4v) is 5.82. The van der Waals surface area contributed by atoms with Crippen LogP contribution in [0.4, 0.5) is 18.9 Å². The molecule has 0 saturated carbocycles. The molecule has 1 heterocycles. The van der Waals surface area contributed by atoms with Crippen molar-refractivity contribution >= 4 is 66.8 Å². The monoisotopic (exact) mass is 730 g/mol. The molecular formula is C27H23BrClF3N6O4S2. The van der Waals surface area contributed by atoms with E-state index in [0.717, 1.165) is 38.7 Å². The van der Waals surface area contributed by atoms with Crippen molar-refractivity contribution in [3.05, 3.63) is 93.2 Å². The van der Waals surface area contributed by atoms with E-state index >= 15 is 0 Å². The summed E-state index contributed by atoms with van der Waals surface area (Å²) in [4.78, 5) is 25.5. The molecule has 232 valence electrons. The Morgan fingerprint density at radius 3 is 2.30 bits per heavy atom. The zero-order valence-electron chi connectivity index (χ0n) is 22.9. The number of carbonyl (C=O) groups excluding carboxylic acids is 2. The maximum absolute atomic E-state index is 13.1. The molecule has 0 saturated heterocycles. The highest BCUT2D eigenvalue weighted by molar-refractivity contribution is 9.10. The Bertz CT molecular complexity index is 1780. The van der Waals surface area contributed by atoms with E-state index in [1.165, 1.54) is 38.4 Å². The Morgan fingerprint density at radius 2 is 1.68 bits per heavy atom. The van der Waals surface area contributed by atoms with Crippen LogP contribution in [0, 0.1) is 0 Å². The van der Waals surface area contributed by atoms with E-state index in [1.807, 2.05) is 0 Å². The number of nitrogens with one attached hydrogen (secondary N) is 2. The van der Waals surface area contributed by atoms with Gasteiger partial charge in [0.25, 0.3) is 5.91 Å². The summed E-state index contributed by atoms with van der Waals surface area (Å²) in [5.74, 6) is -1.04. The fourth-order valence-electron chi connectivity index (χ4n) is 3.72. The molecule has 10 nitrogen and oxygen atoms in total. The van der Waals surface area contributed by atoms with Crippen LogP contribution in [0.15, 0.2) is 81.3 Å². The molecule has 0 aliphatic rings. The first-order valence-electron chi connectivity index (χ1n) is 12.5. The Labute approximate surface area is 268 Å². The summed E-state index contributed by atoms with van der Waals surface area (Å²) in [5.41, 5.74) is -0.306. The number of sulfonamides is 1. The molecule has 4 rings (SSSR count). The van der Waals surface area contributed by atoms with Gasteiger partial charge in [0.15, 0.2) is 11.0 Å². The number of anilines is 1. The summed E-state index contributed by atoms with van der Waals surface area (Å²) in [6.07, 6.45) is -4.61. The highest BCUT2D eigenvalue weighted by atomic mass is 79.9. The Morgan fingerprint density at radius 1 is 1.02 bits per heavy atom. The van der Waals surface area contributed by atoms with Crippen molar-refractivity contribution in [2.24, 2.45) is 0 Å². The minimum Gasteiger partial charge on any atom is -0.345 e. The molecule has 17 heteroatoms. The number of nitrogens with zero attached hydrogens (tertiary/aromatic N) is 4. The van der Waals surface area contributed by atoms with Gasteiger partial charge in [0, 0.05) is 29.8 Å². The maximum atomic E-state index is 13.1. The van der Waals surface area contributed by atoms with Crippen molar-refractivity contribution < 1.29 is 31.2 Å². The minimum atomic E-state index is -4.61. The molecule has 0 bridgehead atoms. The number of halogens is 5. The molecule has 0 fully saturated rings. The number of rotatable bonds is 10. The molecule has 2 amide bonds. The van der Waals surface area contributed by atoms with E-state index < -0.39 is 33.6 Å². The number of hydrogen-bond donors (Lipinski definition) is 2. The summed E-state index contributed by atoms with van der Waals surface area (Å²) in [7, 11) is -0.846. The van der Waals surface area contributed by atoms with Crippen molar-refractivity contribution in [2.45, 2.75) is 22.8 Å². The number of thioether (sulfide) groups is 1. The number of carbonyl (C=O) groups is 2. The molecule has 0 radical (unpaired) electrons. The van der Waals surface area contributed by atoms with Gasteiger partial charge < -0.3 is 10.6 Å². The Balaban J connectivity index is 1.50. The lowest BCUT2D eigenvalue weighted by Gasteiger charge is -2.13. The zero-order chi connectivity index (χ0) is 32.2. The van der Waals surface area contributed by atoms with Crippen LogP contribution in [0.2, 0.25) is 5.02 Å². The van der Waals surface area contributed by atoms with Crippen LogP contribution < -0.4 is 10.6 Å². The van der Waals surface area contributed by atoms with Crippen molar-refractivity contribution in [1.82, 2.24) is 24.4 Å². The van der Waals surface area contributed by atoms with Gasteiger partial charge in [-0.2, -0.15) is 13.2 Å². The fraction of sp³-hybridized carbons (Fsp3) is 0.185. The van der Waals surface area contributed by atoms with Crippen LogP contribution in [0.25, 0.3) is 5.69 Å². The standard InChI is InChI=1S/C27H23BrClF3N6O4S2/c1-37(2)44(41,42)20-10-3-16(4-11-20)25(40)33-14-23-35-36-26(38(23)19-8-6-18(28)7-9-19)43-15-24(39)34-22-13-17(27(30,31)32)5-12-21(22)29/h3-13H,14-15H2,1-2H3,(H,33,40)(H,34,39). The van der Waals surface area contributed by atoms with Crippen LogP contribution in [0.5, 0.6) is 0 Å². The SMILES string of the molecule is CN(C)S(=O)(=O)c1ccc(C(=O)NCc2nnc(SCC(=O)Nc3cc(C(F)(F)F)ccc3Cl)n2-c2ccc(Br)cc2)cc1. The third kappa shape index (κ3) is 7.98. The van der Waals surface area contributed by atoms with E-state index in [2.05, 4.69) is 36.8 Å². The van der Waals surface area contributed by atoms with Gasteiger partial charge in [0.2, 0.25) is 15.9 Å². The molecule has 0 aliphatic heterocycles. The van der Waals surface area contributed by atoms with Crippen LogP contribution in [0.1, 0.15) is 21.7 Å². The second-order valence-corrected chi connectivity index (χ2v) is 13.7. The molecule has 0 spiro atoms. The zero-order valence-corrected chi connectivity index (χ0v) is 26.9. The number of amides is 2. The van der Waals surface area contributed by atoms with Crippen LogP contribution in [-0.4, -0.2) is 59.2 Å². The van der Waals surface area contributed by atoms with E-state index in [0.29, 0.717) is 11.5 Å². The van der Waals surface area contributed by atoms with E-state index in [4.69, 9.17) is 11.6 Å². The predicted molar refractivity (Wildman–Crippen MR) is 163 cm³/mol. The summed E-state index contributed by atoms with van der Waals surface area (Å²) in [5, 5.41) is 13.7. The first kappa shape index (κ1) is 33.5. The maximum Gasteiger partial charge on any atom is 0.416 e. The number of alkyl halides is 3. The molecule has 0 unspecified atom stereocenters. The molecule has 2 N–H and O–H groups in total. The van der Waals surface area contributed by atoms with Crippen molar-refractivity contribution in [3.8, 4) is 5.69 Å². The second-order valence-electron chi connectivity index (χ2n) is 9.23. The Kier molecular flexibility index (Phi) is 10.4. The van der Waals surface area contributed by atoms with Gasteiger partial charge in [-0.05, 0) is 66.7 Å². The normalized spacial score (nSPS) is 11.9. The molecule has 4 aromatic rings. The Hall–Kier alpha value is -3.44. The van der Waals surface area contributed by atoms with Crippen molar-refractivity contribution in [1.29, 1.82) is 0 Å². The molecule has 0 aliphatic carbocycles. The lowest BCUT2D eigenvalue weighted by Crippen LogP contribution is -2.25. The third-order valence-corrected chi connectivity index (χ3v) is 9.60. The lowest BCUT2D eigenvalue weighted by molar-refractivity contribution is -0.137. The van der Waals surface area contributed by atoms with Gasteiger partial charge in [-0.3, -0.25) is 14.2 Å². The van der Waals surface area contributed by atoms with Crippen LogP contribution in [-0.2, 0) is 27.5 Å². The van der Waals surface area contributed by atoms with Crippen LogP contribution in [0.3, 0.4) is 0 Å². The molecule has 44 heavy (non-hydrogen) atoms. The average molecular weight is 732 g/mol. The number of aromatic nitrogens is 3. The van der Waals surface area contributed by atoms with Gasteiger partial charge in [-0.15, -0.1) is 10.2 Å². The molecule has 3 aromatic carbocycles. The minimum absolute atomic E-state index is 0.0371. The van der Waals surface area contributed by atoms with Gasteiger partial charge in [0.1, 0.15) is 0 Å².